The average Bonchev–Trinajstić information content (AvgIpc) is 2.48. The Labute approximate surface area is 77.5 Å². The number of ether oxygens (including phenoxy) is 1. The van der Waals surface area contributed by atoms with Crippen LogP contribution in [0.3, 0.4) is 0 Å². The highest BCUT2D eigenvalue weighted by atomic mass is 32.1. The summed E-state index contributed by atoms with van der Waals surface area (Å²) in [6.45, 7) is -1.24. The van der Waals surface area contributed by atoms with Gasteiger partial charge in [-0.2, -0.15) is 13.2 Å². The Hall–Kier alpha value is -0.970. The number of alkyl halides is 3. The van der Waals surface area contributed by atoms with Gasteiger partial charge in [-0.05, 0) is 17.5 Å². The summed E-state index contributed by atoms with van der Waals surface area (Å²) in [4.78, 5) is 0.863. The van der Waals surface area contributed by atoms with Crippen LogP contribution in [0, 0.1) is 0 Å². The van der Waals surface area contributed by atoms with E-state index >= 15 is 0 Å². The van der Waals surface area contributed by atoms with Crippen LogP contribution in [0.2, 0.25) is 0 Å². The molecule has 0 atom stereocenters. The third kappa shape index (κ3) is 4.57. The predicted octanol–water partition coefficient (Wildman–Crippen LogP) is 3.30. The van der Waals surface area contributed by atoms with Crippen molar-refractivity contribution < 1.29 is 17.9 Å². The quantitative estimate of drug-likeness (QED) is 0.692. The summed E-state index contributed by atoms with van der Waals surface area (Å²) >= 11 is 1.43. The first-order valence-corrected chi connectivity index (χ1v) is 4.34. The molecular formula is C8H7F3OS. The maximum absolute atomic E-state index is 11.6. The third-order valence-electron chi connectivity index (χ3n) is 1.12. The van der Waals surface area contributed by atoms with E-state index in [2.05, 4.69) is 4.74 Å². The predicted molar refractivity (Wildman–Crippen MR) is 45.4 cm³/mol. The lowest BCUT2D eigenvalue weighted by molar-refractivity contribution is -0.161. The van der Waals surface area contributed by atoms with Gasteiger partial charge in [0.25, 0.3) is 0 Å². The molecule has 0 amide bonds. The Bertz CT molecular complexity index is 263. The second-order valence-corrected chi connectivity index (χ2v) is 3.22. The molecule has 5 heteroatoms. The lowest BCUT2D eigenvalue weighted by atomic mass is 10.5. The Kier molecular flexibility index (Phi) is 3.36. The summed E-state index contributed by atoms with van der Waals surface area (Å²) in [5.41, 5.74) is 0. The average molecular weight is 208 g/mol. The van der Waals surface area contributed by atoms with Crippen molar-refractivity contribution >= 4 is 17.4 Å². The lowest BCUT2D eigenvalue weighted by Crippen LogP contribution is -2.14. The van der Waals surface area contributed by atoms with Crippen molar-refractivity contribution in [3.63, 3.8) is 0 Å². The summed E-state index contributed by atoms with van der Waals surface area (Å²) in [7, 11) is 0. The maximum atomic E-state index is 11.6. The van der Waals surface area contributed by atoms with Gasteiger partial charge in [-0.3, -0.25) is 0 Å². The van der Waals surface area contributed by atoms with Gasteiger partial charge in [0.15, 0.2) is 6.61 Å². The summed E-state index contributed by atoms with van der Waals surface area (Å²) in [5.74, 6) is 0. The fourth-order valence-electron chi connectivity index (χ4n) is 0.644. The van der Waals surface area contributed by atoms with Gasteiger partial charge < -0.3 is 4.74 Å². The van der Waals surface area contributed by atoms with Crippen LogP contribution in [0.4, 0.5) is 13.2 Å². The molecule has 1 nitrogen and oxygen atoms in total. The molecule has 0 bridgehead atoms. The van der Waals surface area contributed by atoms with Crippen molar-refractivity contribution in [2.75, 3.05) is 6.61 Å². The van der Waals surface area contributed by atoms with E-state index in [0.29, 0.717) is 0 Å². The zero-order valence-electron chi connectivity index (χ0n) is 6.54. The fraction of sp³-hybridized carbons (Fsp3) is 0.250. The van der Waals surface area contributed by atoms with Gasteiger partial charge in [0.05, 0.1) is 6.26 Å². The first-order valence-electron chi connectivity index (χ1n) is 3.46. The van der Waals surface area contributed by atoms with E-state index in [1.807, 2.05) is 11.4 Å². The van der Waals surface area contributed by atoms with Crippen LogP contribution in [0.15, 0.2) is 23.8 Å². The number of thiophene rings is 1. The Morgan fingerprint density at radius 1 is 1.46 bits per heavy atom. The van der Waals surface area contributed by atoms with E-state index in [-0.39, 0.29) is 0 Å². The molecule has 0 aliphatic heterocycles. The molecule has 0 radical (unpaired) electrons. The van der Waals surface area contributed by atoms with Crippen LogP contribution in [-0.4, -0.2) is 12.8 Å². The molecule has 0 aliphatic carbocycles. The van der Waals surface area contributed by atoms with Crippen LogP contribution in [0.25, 0.3) is 6.08 Å². The van der Waals surface area contributed by atoms with Crippen LogP contribution < -0.4 is 0 Å². The van der Waals surface area contributed by atoms with Crippen molar-refractivity contribution in [3.05, 3.63) is 28.7 Å². The SMILES string of the molecule is FC(F)(F)CO/C=C/c1cccs1. The highest BCUT2D eigenvalue weighted by Crippen LogP contribution is 2.15. The van der Waals surface area contributed by atoms with Crippen LogP contribution >= 0.6 is 11.3 Å². The van der Waals surface area contributed by atoms with E-state index in [0.717, 1.165) is 11.1 Å². The summed E-state index contributed by atoms with van der Waals surface area (Å²) in [6, 6.07) is 3.60. The van der Waals surface area contributed by atoms with Crippen molar-refractivity contribution in [2.24, 2.45) is 0 Å². The molecule has 72 valence electrons. The molecule has 0 fully saturated rings. The maximum Gasteiger partial charge on any atom is 0.422 e. The second kappa shape index (κ2) is 4.32. The molecule has 0 aromatic carbocycles. The van der Waals surface area contributed by atoms with Gasteiger partial charge >= 0.3 is 6.18 Å². The van der Waals surface area contributed by atoms with Gasteiger partial charge in [-0.25, -0.2) is 0 Å². The van der Waals surface area contributed by atoms with Crippen LogP contribution in [-0.2, 0) is 4.74 Å². The van der Waals surface area contributed by atoms with E-state index < -0.39 is 12.8 Å². The highest BCUT2D eigenvalue weighted by molar-refractivity contribution is 7.10. The van der Waals surface area contributed by atoms with Crippen molar-refractivity contribution in [3.8, 4) is 0 Å². The van der Waals surface area contributed by atoms with E-state index in [4.69, 9.17) is 0 Å². The van der Waals surface area contributed by atoms with Crippen LogP contribution in [0.1, 0.15) is 4.88 Å². The third-order valence-corrected chi connectivity index (χ3v) is 1.96. The number of rotatable bonds is 3. The molecule has 1 heterocycles. The number of hydrogen-bond donors (Lipinski definition) is 0. The summed E-state index contributed by atoms with van der Waals surface area (Å²) in [6.07, 6.45) is -1.71. The molecule has 13 heavy (non-hydrogen) atoms. The molecule has 1 aromatic rings. The van der Waals surface area contributed by atoms with Gasteiger partial charge in [-0.15, -0.1) is 11.3 Å². The smallest absolute Gasteiger partial charge is 0.422 e. The molecule has 0 saturated carbocycles. The van der Waals surface area contributed by atoms with Crippen molar-refractivity contribution in [2.45, 2.75) is 6.18 Å². The summed E-state index contributed by atoms with van der Waals surface area (Å²) < 4.78 is 39.0. The largest absolute Gasteiger partial charge is 0.492 e. The molecule has 0 aliphatic rings. The first-order chi connectivity index (χ1) is 6.08. The standard InChI is InChI=1S/C8H7F3OS/c9-8(10,11)6-12-4-3-7-2-1-5-13-7/h1-5H,6H2/b4-3+. The van der Waals surface area contributed by atoms with Crippen molar-refractivity contribution in [1.82, 2.24) is 0 Å². The molecule has 1 rings (SSSR count). The Balaban J connectivity index is 2.27. The highest BCUT2D eigenvalue weighted by Gasteiger charge is 2.27. The molecule has 1 aromatic heterocycles. The molecule has 0 saturated heterocycles. The lowest BCUT2D eigenvalue weighted by Gasteiger charge is -2.03. The van der Waals surface area contributed by atoms with Crippen molar-refractivity contribution in [1.29, 1.82) is 0 Å². The zero-order chi connectivity index (χ0) is 9.73. The Morgan fingerprint density at radius 3 is 2.77 bits per heavy atom. The van der Waals surface area contributed by atoms with Gasteiger partial charge in [0.1, 0.15) is 0 Å². The molecule has 0 unspecified atom stereocenters. The van der Waals surface area contributed by atoms with E-state index in [1.165, 1.54) is 17.4 Å². The van der Waals surface area contributed by atoms with Gasteiger partial charge in [-0.1, -0.05) is 6.07 Å². The van der Waals surface area contributed by atoms with Gasteiger partial charge in [0, 0.05) is 4.88 Å². The minimum atomic E-state index is -4.26. The molecular weight excluding hydrogens is 201 g/mol. The number of hydrogen-bond acceptors (Lipinski definition) is 2. The minimum Gasteiger partial charge on any atom is -0.492 e. The topological polar surface area (TPSA) is 9.23 Å². The number of halogens is 3. The first kappa shape index (κ1) is 10.1. The van der Waals surface area contributed by atoms with E-state index in [1.54, 1.807) is 6.07 Å². The zero-order valence-corrected chi connectivity index (χ0v) is 7.36. The Morgan fingerprint density at radius 2 is 2.23 bits per heavy atom. The molecule has 0 spiro atoms. The van der Waals surface area contributed by atoms with E-state index in [9.17, 15) is 13.2 Å². The minimum absolute atomic E-state index is 0.863. The normalized spacial score (nSPS) is 12.2. The molecule has 0 N–H and O–H groups in total. The second-order valence-electron chi connectivity index (χ2n) is 2.24. The van der Waals surface area contributed by atoms with Gasteiger partial charge in [0.2, 0.25) is 0 Å². The fourth-order valence-corrected chi connectivity index (χ4v) is 1.25. The van der Waals surface area contributed by atoms with Crippen LogP contribution in [0.5, 0.6) is 0 Å². The monoisotopic (exact) mass is 208 g/mol. The summed E-state index contributed by atoms with van der Waals surface area (Å²) in [5, 5.41) is 1.84.